The van der Waals surface area contributed by atoms with E-state index in [9.17, 15) is 9.59 Å². The number of carbonyl (C=O) groups is 2. The van der Waals surface area contributed by atoms with E-state index in [1.807, 2.05) is 18.2 Å². The minimum Gasteiger partial charge on any atom is -0.315 e. The zero-order valence-electron chi connectivity index (χ0n) is 11.5. The highest BCUT2D eigenvalue weighted by Gasteiger charge is 2.29. The minimum atomic E-state index is -0.354. The summed E-state index contributed by atoms with van der Waals surface area (Å²) in [6, 6.07) is 9.08. The molecule has 2 rings (SSSR count). The molecule has 104 valence electrons. The number of amides is 2. The Kier molecular flexibility index (Phi) is 3.79. The molecule has 0 radical (unpaired) electrons. The van der Waals surface area contributed by atoms with Gasteiger partial charge < -0.3 is 5.32 Å². The summed E-state index contributed by atoms with van der Waals surface area (Å²) in [4.78, 5) is 23.5. The van der Waals surface area contributed by atoms with Crippen LogP contribution in [0, 0.1) is 6.92 Å². The molecule has 1 aromatic carbocycles. The summed E-state index contributed by atoms with van der Waals surface area (Å²) < 4.78 is 2.78. The van der Waals surface area contributed by atoms with Crippen molar-refractivity contribution in [2.45, 2.75) is 13.8 Å². The fraction of sp³-hybridized carbons (Fsp3) is 0.231. The van der Waals surface area contributed by atoms with Gasteiger partial charge in [0.2, 0.25) is 0 Å². The number of rotatable bonds is 3. The van der Waals surface area contributed by atoms with Crippen LogP contribution in [-0.2, 0) is 11.8 Å². The van der Waals surface area contributed by atoms with Crippen molar-refractivity contribution in [2.75, 3.05) is 10.7 Å². The van der Waals surface area contributed by atoms with Crippen LogP contribution in [0.1, 0.15) is 23.4 Å². The summed E-state index contributed by atoms with van der Waals surface area (Å²) in [7, 11) is 1.64. The highest BCUT2D eigenvalue weighted by atomic mass is 16.2. The van der Waals surface area contributed by atoms with Crippen LogP contribution in [0.2, 0.25) is 0 Å². The molecule has 0 aliphatic rings. The molecule has 0 unspecified atom stereocenters. The van der Waals surface area contributed by atoms with Gasteiger partial charge in [-0.1, -0.05) is 22.9 Å². The SMILES string of the molecule is CC(=O)Nn1c(C)n[n+](C)c1C(=O)Nc1ccccc1. The molecule has 2 N–H and O–H groups in total. The first kappa shape index (κ1) is 13.7. The molecule has 1 aromatic heterocycles. The number of aryl methyl sites for hydroxylation is 2. The molecule has 2 aromatic rings. The quantitative estimate of drug-likeness (QED) is 0.793. The van der Waals surface area contributed by atoms with E-state index in [1.54, 1.807) is 26.1 Å². The first-order chi connectivity index (χ1) is 9.49. The molecular weight excluding hydrogens is 258 g/mol. The minimum absolute atomic E-state index is 0.238. The van der Waals surface area contributed by atoms with Gasteiger partial charge in [0.25, 0.3) is 11.7 Å². The predicted octanol–water partition coefficient (Wildman–Crippen LogP) is 0.358. The number of nitrogens with one attached hydrogen (secondary N) is 2. The Balaban J connectivity index is 2.32. The summed E-state index contributed by atoms with van der Waals surface area (Å²) in [5.41, 5.74) is 3.23. The van der Waals surface area contributed by atoms with Crippen LogP contribution in [0.5, 0.6) is 0 Å². The Morgan fingerprint density at radius 3 is 2.50 bits per heavy atom. The molecule has 0 saturated carbocycles. The topological polar surface area (TPSA) is 79.9 Å². The lowest BCUT2D eigenvalue weighted by molar-refractivity contribution is -0.730. The predicted molar refractivity (Wildman–Crippen MR) is 72.6 cm³/mol. The summed E-state index contributed by atoms with van der Waals surface area (Å²) in [6.45, 7) is 3.08. The molecule has 7 heteroatoms. The molecule has 0 aliphatic carbocycles. The Bertz CT molecular complexity index is 648. The second kappa shape index (κ2) is 5.52. The van der Waals surface area contributed by atoms with Gasteiger partial charge in [-0.25, -0.2) is 0 Å². The zero-order chi connectivity index (χ0) is 14.7. The fourth-order valence-electron chi connectivity index (χ4n) is 1.86. The van der Waals surface area contributed by atoms with Crippen molar-refractivity contribution >= 4 is 17.5 Å². The maximum atomic E-state index is 12.3. The molecule has 7 nitrogen and oxygen atoms in total. The maximum Gasteiger partial charge on any atom is 0.393 e. The van der Waals surface area contributed by atoms with Crippen molar-refractivity contribution in [3.05, 3.63) is 42.0 Å². The van der Waals surface area contributed by atoms with Gasteiger partial charge in [-0.3, -0.25) is 9.59 Å². The number of nitrogens with zero attached hydrogens (tertiary/aromatic N) is 3. The van der Waals surface area contributed by atoms with Crippen LogP contribution in [-0.4, -0.2) is 21.6 Å². The smallest absolute Gasteiger partial charge is 0.315 e. The third-order valence-corrected chi connectivity index (χ3v) is 2.64. The van der Waals surface area contributed by atoms with Gasteiger partial charge in [0.15, 0.2) is 0 Å². The lowest BCUT2D eigenvalue weighted by atomic mass is 10.3. The largest absolute Gasteiger partial charge is 0.393 e. The molecule has 0 atom stereocenters. The molecule has 0 saturated heterocycles. The van der Waals surface area contributed by atoms with E-state index in [2.05, 4.69) is 15.8 Å². The number of aromatic nitrogens is 3. The number of benzene rings is 1. The summed E-state index contributed by atoms with van der Waals surface area (Å²) in [6.07, 6.45) is 0. The van der Waals surface area contributed by atoms with Crippen LogP contribution in [0.15, 0.2) is 30.3 Å². The van der Waals surface area contributed by atoms with E-state index >= 15 is 0 Å². The number of para-hydroxylation sites is 1. The monoisotopic (exact) mass is 274 g/mol. The van der Waals surface area contributed by atoms with Gasteiger partial charge in [-0.15, -0.1) is 4.68 Å². The van der Waals surface area contributed by atoms with E-state index in [0.29, 0.717) is 11.5 Å². The summed E-state index contributed by atoms with van der Waals surface area (Å²) >= 11 is 0. The summed E-state index contributed by atoms with van der Waals surface area (Å²) in [5, 5.41) is 6.88. The van der Waals surface area contributed by atoms with Crippen molar-refractivity contribution in [3.8, 4) is 0 Å². The molecule has 0 fully saturated rings. The van der Waals surface area contributed by atoms with Crippen molar-refractivity contribution in [3.63, 3.8) is 0 Å². The molecule has 2 amide bonds. The normalized spacial score (nSPS) is 10.2. The van der Waals surface area contributed by atoms with Crippen LogP contribution in [0.3, 0.4) is 0 Å². The molecule has 1 heterocycles. The Labute approximate surface area is 116 Å². The molecule has 0 aliphatic heterocycles. The van der Waals surface area contributed by atoms with E-state index < -0.39 is 0 Å². The van der Waals surface area contributed by atoms with E-state index in [-0.39, 0.29) is 17.6 Å². The summed E-state index contributed by atoms with van der Waals surface area (Å²) in [5.74, 6) is 0.121. The lowest BCUT2D eigenvalue weighted by Crippen LogP contribution is -2.42. The van der Waals surface area contributed by atoms with Crippen LogP contribution >= 0.6 is 0 Å². The lowest BCUT2D eigenvalue weighted by Gasteiger charge is -2.03. The van der Waals surface area contributed by atoms with Crippen molar-refractivity contribution in [1.29, 1.82) is 0 Å². The number of anilines is 1. The molecule has 20 heavy (non-hydrogen) atoms. The van der Waals surface area contributed by atoms with Gasteiger partial charge in [0, 0.05) is 19.5 Å². The van der Waals surface area contributed by atoms with Crippen molar-refractivity contribution in [2.24, 2.45) is 7.05 Å². The third-order valence-electron chi connectivity index (χ3n) is 2.64. The standard InChI is InChI=1S/C13H15N5O2/c1-9-15-17(3)13(18(9)16-10(2)19)12(20)14-11-7-5-4-6-8-11/h4-8H,1-3H3,(H-,14,16,19,20)/p+1. The number of hydrogen-bond donors (Lipinski definition) is 2. The first-order valence-electron chi connectivity index (χ1n) is 6.08. The van der Waals surface area contributed by atoms with Gasteiger partial charge >= 0.3 is 11.7 Å². The molecular formula is C13H16N5O2+. The van der Waals surface area contributed by atoms with Crippen LogP contribution in [0.25, 0.3) is 0 Å². The Morgan fingerprint density at radius 2 is 1.90 bits per heavy atom. The highest BCUT2D eigenvalue weighted by molar-refractivity contribution is 6.01. The molecule has 0 bridgehead atoms. The second-order valence-corrected chi connectivity index (χ2v) is 4.32. The molecule has 0 spiro atoms. The van der Waals surface area contributed by atoms with Gasteiger partial charge in [0.1, 0.15) is 7.05 Å². The van der Waals surface area contributed by atoms with E-state index in [0.717, 1.165) is 0 Å². The Hall–Kier alpha value is -2.70. The van der Waals surface area contributed by atoms with Gasteiger partial charge in [0.05, 0.1) is 0 Å². The number of hydrogen-bond acceptors (Lipinski definition) is 3. The first-order valence-corrected chi connectivity index (χ1v) is 6.08. The van der Waals surface area contributed by atoms with Gasteiger partial charge in [-0.2, -0.15) is 5.43 Å². The van der Waals surface area contributed by atoms with Crippen LogP contribution < -0.4 is 15.4 Å². The highest BCUT2D eigenvalue weighted by Crippen LogP contribution is 2.07. The number of carbonyl (C=O) groups excluding carboxylic acids is 2. The Morgan fingerprint density at radius 1 is 1.25 bits per heavy atom. The average Bonchev–Trinajstić information content (AvgIpc) is 2.64. The van der Waals surface area contributed by atoms with Crippen molar-refractivity contribution in [1.82, 2.24) is 9.77 Å². The van der Waals surface area contributed by atoms with Crippen molar-refractivity contribution < 1.29 is 14.3 Å². The fourth-order valence-corrected chi connectivity index (χ4v) is 1.86. The maximum absolute atomic E-state index is 12.3. The average molecular weight is 274 g/mol. The second-order valence-electron chi connectivity index (χ2n) is 4.32. The zero-order valence-corrected chi connectivity index (χ0v) is 11.5. The van der Waals surface area contributed by atoms with E-state index in [4.69, 9.17) is 0 Å². The van der Waals surface area contributed by atoms with Gasteiger partial charge in [-0.05, 0) is 17.2 Å². The van der Waals surface area contributed by atoms with Crippen LogP contribution in [0.4, 0.5) is 5.69 Å². The third kappa shape index (κ3) is 2.82. The van der Waals surface area contributed by atoms with E-state index in [1.165, 1.54) is 16.3 Å².